The number of carbonyl (C=O) groups excluding carboxylic acids is 3. The number of nitrogens with two attached hydrogens (primary N) is 1. The third kappa shape index (κ3) is 13.3. The van der Waals surface area contributed by atoms with Crippen molar-refractivity contribution in [2.75, 3.05) is 45.3 Å². The second-order valence-electron chi connectivity index (χ2n) is 16.1. The Labute approximate surface area is 371 Å². The van der Waals surface area contributed by atoms with Crippen LogP contribution < -0.4 is 5.73 Å². The highest BCUT2D eigenvalue weighted by Crippen LogP contribution is 2.44. The molecular formula is C46H58N4O11S2. The minimum Gasteiger partial charge on any atom is -0.445 e. The molecule has 0 bridgehead atoms. The molecule has 3 aliphatic heterocycles. The number of likely N-dealkylation sites (tertiary alicyclic amines) is 3. The van der Waals surface area contributed by atoms with Crippen molar-refractivity contribution in [1.82, 2.24) is 14.7 Å². The molecule has 3 aliphatic rings. The maximum absolute atomic E-state index is 12.7. The highest BCUT2D eigenvalue weighted by atomic mass is 32.2. The van der Waals surface area contributed by atoms with E-state index in [1.54, 1.807) is 37.3 Å². The van der Waals surface area contributed by atoms with E-state index >= 15 is 0 Å². The van der Waals surface area contributed by atoms with Crippen LogP contribution in [0.15, 0.2) is 121 Å². The Hall–Kier alpha value is -5.33. The van der Waals surface area contributed by atoms with E-state index in [0.29, 0.717) is 25.3 Å². The van der Waals surface area contributed by atoms with Gasteiger partial charge in [0.15, 0.2) is 5.54 Å². The Kier molecular flexibility index (Phi) is 16.9. The van der Waals surface area contributed by atoms with Crippen LogP contribution in [0.4, 0.5) is 9.59 Å². The van der Waals surface area contributed by atoms with Gasteiger partial charge in [-0.05, 0) is 34.6 Å². The molecule has 0 unspecified atom stereocenters. The van der Waals surface area contributed by atoms with Gasteiger partial charge in [-0.3, -0.25) is 14.0 Å². The third-order valence-electron chi connectivity index (χ3n) is 11.6. The van der Waals surface area contributed by atoms with E-state index in [0.717, 1.165) is 54.9 Å². The summed E-state index contributed by atoms with van der Waals surface area (Å²) in [6.07, 6.45) is 1.26. The molecule has 3 heterocycles. The number of benzene rings is 4. The average molecular weight is 907 g/mol. The van der Waals surface area contributed by atoms with Gasteiger partial charge in [0, 0.05) is 51.6 Å². The molecule has 0 aromatic heterocycles. The maximum atomic E-state index is 12.7. The molecule has 0 aliphatic carbocycles. The highest BCUT2D eigenvalue weighted by Gasteiger charge is 2.61. The van der Waals surface area contributed by atoms with Crippen molar-refractivity contribution in [3.63, 3.8) is 0 Å². The van der Waals surface area contributed by atoms with Gasteiger partial charge in [0.1, 0.15) is 13.2 Å². The molecule has 15 nitrogen and oxygen atoms in total. The van der Waals surface area contributed by atoms with Crippen LogP contribution in [-0.4, -0.2) is 106 Å². The van der Waals surface area contributed by atoms with Crippen molar-refractivity contribution >= 4 is 38.4 Å². The molecule has 0 radical (unpaired) electrons. The Morgan fingerprint density at radius 3 is 1.54 bits per heavy atom. The summed E-state index contributed by atoms with van der Waals surface area (Å²) >= 11 is 0. The molecule has 1 spiro atoms. The van der Waals surface area contributed by atoms with E-state index in [-0.39, 0.29) is 31.2 Å². The smallest absolute Gasteiger partial charge is 0.411 e. The van der Waals surface area contributed by atoms with Crippen molar-refractivity contribution in [2.45, 2.75) is 64.1 Å². The van der Waals surface area contributed by atoms with Gasteiger partial charge in [0.05, 0.1) is 24.7 Å². The lowest BCUT2D eigenvalue weighted by Crippen LogP contribution is -2.72. The largest absolute Gasteiger partial charge is 0.445 e. The number of rotatable bonds is 13. The molecule has 4 aromatic rings. The maximum Gasteiger partial charge on any atom is 0.411 e. The van der Waals surface area contributed by atoms with Crippen LogP contribution in [0.2, 0.25) is 0 Å². The first-order valence-corrected chi connectivity index (χ1v) is 24.3. The summed E-state index contributed by atoms with van der Waals surface area (Å²) in [7, 11) is -7.95. The molecule has 4 aromatic carbocycles. The van der Waals surface area contributed by atoms with Crippen molar-refractivity contribution in [3.05, 3.63) is 144 Å². The standard InChI is InChI=1S/C22H26N2O2.C17H23NO9S2.C7H9N/c1-18-14-24(21(25)26-16-20-10-6-3-7-11-20)22(18)12-13-23(17-22)15-19-8-4-2-5-9-19;1-13-11-18(16(20)25-12-14-7-5-4-6-8-14)17(13,9-10-26-28(2,21)22)15(19)27-29(3,23)24;8-6-7-4-2-1-3-5-7/h2-11,18H,12-17H2,1H3;4-8,13H,9-12H2,1-3H3;1-5H,6,8H2/t18-,22-;13-,17+;/m00./s1. The fourth-order valence-corrected chi connectivity index (χ4v) is 8.88. The minimum atomic E-state index is -4.15. The summed E-state index contributed by atoms with van der Waals surface area (Å²) < 4.78 is 65.4. The predicted molar refractivity (Wildman–Crippen MR) is 237 cm³/mol. The van der Waals surface area contributed by atoms with Gasteiger partial charge in [-0.15, -0.1) is 0 Å². The predicted octanol–water partition coefficient (Wildman–Crippen LogP) is 5.95. The number of carbonyl (C=O) groups is 3. The van der Waals surface area contributed by atoms with Crippen molar-refractivity contribution in [1.29, 1.82) is 0 Å². The molecule has 7 rings (SSSR count). The quantitative estimate of drug-likeness (QED) is 0.155. The van der Waals surface area contributed by atoms with Gasteiger partial charge in [-0.1, -0.05) is 135 Å². The van der Waals surface area contributed by atoms with Gasteiger partial charge < -0.3 is 24.3 Å². The molecule has 63 heavy (non-hydrogen) atoms. The monoisotopic (exact) mass is 906 g/mol. The van der Waals surface area contributed by atoms with E-state index < -0.39 is 50.4 Å². The normalized spacial score (nSPS) is 21.7. The number of amides is 2. The van der Waals surface area contributed by atoms with Crippen molar-refractivity contribution in [3.8, 4) is 0 Å². The Morgan fingerprint density at radius 1 is 0.651 bits per heavy atom. The van der Waals surface area contributed by atoms with Gasteiger partial charge in [0.2, 0.25) is 0 Å². The summed E-state index contributed by atoms with van der Waals surface area (Å²) in [6.45, 7) is 8.17. The Balaban J connectivity index is 0.000000202. The zero-order chi connectivity index (χ0) is 45.7. The van der Waals surface area contributed by atoms with Crippen LogP contribution in [-0.2, 0) is 69.2 Å². The van der Waals surface area contributed by atoms with Crippen LogP contribution >= 0.6 is 0 Å². The summed E-state index contributed by atoms with van der Waals surface area (Å²) in [4.78, 5) is 43.4. The lowest BCUT2D eigenvalue weighted by atomic mass is 9.73. The topological polar surface area (TPSA) is 192 Å². The molecule has 3 fully saturated rings. The fraction of sp³-hybridized carbons (Fsp3) is 0.413. The minimum absolute atomic E-state index is 0.0530. The fourth-order valence-electron chi connectivity index (χ4n) is 8.07. The molecule has 2 amide bonds. The van der Waals surface area contributed by atoms with Crippen LogP contribution in [0.5, 0.6) is 0 Å². The average Bonchev–Trinajstić information content (AvgIpc) is 3.72. The van der Waals surface area contributed by atoms with Gasteiger partial charge in [-0.2, -0.15) is 16.8 Å². The van der Waals surface area contributed by atoms with Crippen LogP contribution in [0, 0.1) is 11.8 Å². The van der Waals surface area contributed by atoms with Crippen LogP contribution in [0.1, 0.15) is 48.9 Å². The molecule has 0 saturated carbocycles. The Bertz CT molecular complexity index is 2330. The molecule has 17 heteroatoms. The zero-order valence-corrected chi connectivity index (χ0v) is 37.8. The second kappa shape index (κ2) is 21.8. The summed E-state index contributed by atoms with van der Waals surface area (Å²) in [6, 6.07) is 39.2. The first-order valence-electron chi connectivity index (χ1n) is 20.7. The number of hydrogen-bond acceptors (Lipinski definition) is 13. The van der Waals surface area contributed by atoms with Gasteiger partial charge in [0.25, 0.3) is 10.1 Å². The molecule has 2 N–H and O–H groups in total. The summed E-state index contributed by atoms with van der Waals surface area (Å²) in [5, 5.41) is 0. The van der Waals surface area contributed by atoms with E-state index in [9.17, 15) is 31.2 Å². The van der Waals surface area contributed by atoms with E-state index in [1.165, 1.54) is 11.1 Å². The number of ether oxygens (including phenoxy) is 2. The first-order chi connectivity index (χ1) is 30.0. The number of hydrogen-bond donors (Lipinski definition) is 1. The van der Waals surface area contributed by atoms with E-state index in [4.69, 9.17) is 15.2 Å². The van der Waals surface area contributed by atoms with Gasteiger partial charge in [-0.25, -0.2) is 14.4 Å². The van der Waals surface area contributed by atoms with E-state index in [1.807, 2.05) is 71.6 Å². The third-order valence-corrected chi connectivity index (χ3v) is 12.6. The summed E-state index contributed by atoms with van der Waals surface area (Å²) in [5.41, 5.74) is 7.84. The summed E-state index contributed by atoms with van der Waals surface area (Å²) in [5.74, 6) is -1.18. The van der Waals surface area contributed by atoms with Crippen LogP contribution in [0.25, 0.3) is 0 Å². The lowest BCUT2D eigenvalue weighted by Gasteiger charge is -2.55. The van der Waals surface area contributed by atoms with Crippen molar-refractivity contribution in [2.24, 2.45) is 17.6 Å². The first kappa shape index (κ1) is 48.7. The number of nitrogens with zero attached hydrogens (tertiary/aromatic N) is 3. The zero-order valence-electron chi connectivity index (χ0n) is 36.2. The molecule has 4 atom stereocenters. The second-order valence-corrected chi connectivity index (χ2v) is 19.3. The van der Waals surface area contributed by atoms with E-state index in [2.05, 4.69) is 44.5 Å². The van der Waals surface area contributed by atoms with Crippen LogP contribution in [0.3, 0.4) is 0 Å². The highest BCUT2D eigenvalue weighted by molar-refractivity contribution is 7.86. The Morgan fingerprint density at radius 2 is 1.11 bits per heavy atom. The SMILES string of the molecule is C[C@H]1CN(C(=O)OCc2ccccc2)[C@@]1(CCOS(C)(=O)=O)C(=O)OS(C)(=O)=O.C[C@H]1CN(C(=O)OCc2ccccc2)[C@]12CCN(Cc1ccccc1)C2.NCc1ccccc1. The lowest BCUT2D eigenvalue weighted by molar-refractivity contribution is -0.165. The van der Waals surface area contributed by atoms with Crippen molar-refractivity contribution < 1.29 is 49.1 Å². The molecule has 3 saturated heterocycles. The van der Waals surface area contributed by atoms with Gasteiger partial charge >= 0.3 is 28.3 Å². The molecule has 340 valence electrons. The molecular weight excluding hydrogens is 849 g/mol.